The predicted octanol–water partition coefficient (Wildman–Crippen LogP) is 4.09. The Bertz CT molecular complexity index is 546. The van der Waals surface area contributed by atoms with E-state index in [9.17, 15) is 4.39 Å². The summed E-state index contributed by atoms with van der Waals surface area (Å²) in [5.41, 5.74) is 8.10. The lowest BCUT2D eigenvalue weighted by Crippen LogP contribution is -2.07. The maximum atomic E-state index is 13.8. The molecular weight excluding hydrogens is 247 g/mol. The van der Waals surface area contributed by atoms with Crippen LogP contribution in [0.15, 0.2) is 23.6 Å². The fourth-order valence-corrected chi connectivity index (χ4v) is 2.69. The highest BCUT2D eigenvalue weighted by molar-refractivity contribution is 7.13. The van der Waals surface area contributed by atoms with Gasteiger partial charge in [-0.25, -0.2) is 9.37 Å². The van der Waals surface area contributed by atoms with Crippen LogP contribution in [-0.4, -0.2) is 4.98 Å². The minimum absolute atomic E-state index is 0.260. The predicted molar refractivity (Wildman–Crippen MR) is 74.2 cm³/mol. The topological polar surface area (TPSA) is 38.9 Å². The van der Waals surface area contributed by atoms with Crippen molar-refractivity contribution in [2.45, 2.75) is 32.7 Å². The molecule has 0 bridgehead atoms. The number of benzene rings is 1. The van der Waals surface area contributed by atoms with Crippen LogP contribution < -0.4 is 5.73 Å². The Balaban J connectivity index is 2.36. The van der Waals surface area contributed by atoms with Gasteiger partial charge >= 0.3 is 0 Å². The second-order valence-electron chi connectivity index (χ2n) is 4.76. The van der Waals surface area contributed by atoms with Crippen molar-refractivity contribution in [2.24, 2.45) is 5.73 Å². The van der Waals surface area contributed by atoms with Crippen molar-refractivity contribution in [3.63, 3.8) is 0 Å². The van der Waals surface area contributed by atoms with Crippen molar-refractivity contribution >= 4 is 11.3 Å². The van der Waals surface area contributed by atoms with E-state index in [-0.39, 0.29) is 11.9 Å². The summed E-state index contributed by atoms with van der Waals surface area (Å²) in [6.45, 7) is 5.97. The van der Waals surface area contributed by atoms with Crippen molar-refractivity contribution in [3.05, 3.63) is 40.7 Å². The van der Waals surface area contributed by atoms with Gasteiger partial charge in [-0.3, -0.25) is 0 Å². The quantitative estimate of drug-likeness (QED) is 0.906. The van der Waals surface area contributed by atoms with Crippen molar-refractivity contribution in [1.29, 1.82) is 0 Å². The lowest BCUT2D eigenvalue weighted by molar-refractivity contribution is 0.594. The van der Waals surface area contributed by atoms with Gasteiger partial charge in [0.05, 0.1) is 5.69 Å². The molecule has 0 spiro atoms. The summed E-state index contributed by atoms with van der Waals surface area (Å²) in [4.78, 5) is 4.52. The monoisotopic (exact) mass is 264 g/mol. The zero-order valence-electron chi connectivity index (χ0n) is 10.8. The van der Waals surface area contributed by atoms with Crippen LogP contribution in [0.25, 0.3) is 10.6 Å². The summed E-state index contributed by atoms with van der Waals surface area (Å²) in [5, 5.41) is 2.88. The maximum Gasteiger partial charge on any atom is 0.128 e. The molecule has 18 heavy (non-hydrogen) atoms. The molecule has 2 N–H and O–H groups in total. The van der Waals surface area contributed by atoms with Gasteiger partial charge in [0, 0.05) is 22.5 Å². The number of nitrogens with zero attached hydrogens (tertiary/aromatic N) is 1. The third-order valence-electron chi connectivity index (χ3n) is 2.85. The largest absolute Gasteiger partial charge is 0.324 e. The van der Waals surface area contributed by atoms with E-state index in [0.717, 1.165) is 16.3 Å². The number of halogens is 1. The molecule has 2 nitrogen and oxygen atoms in total. The van der Waals surface area contributed by atoms with Gasteiger partial charge < -0.3 is 5.73 Å². The number of hydrogen-bond acceptors (Lipinski definition) is 3. The minimum Gasteiger partial charge on any atom is -0.324 e. The Kier molecular flexibility index (Phi) is 3.78. The Morgan fingerprint density at radius 1 is 1.28 bits per heavy atom. The van der Waals surface area contributed by atoms with Gasteiger partial charge in [-0.1, -0.05) is 26.0 Å². The highest BCUT2D eigenvalue weighted by atomic mass is 32.1. The van der Waals surface area contributed by atoms with Crippen LogP contribution in [0.5, 0.6) is 0 Å². The molecule has 2 aromatic rings. The van der Waals surface area contributed by atoms with Gasteiger partial charge in [0.15, 0.2) is 0 Å². The lowest BCUT2D eigenvalue weighted by Gasteiger charge is -2.07. The Morgan fingerprint density at radius 2 is 2.00 bits per heavy atom. The van der Waals surface area contributed by atoms with E-state index in [2.05, 4.69) is 18.8 Å². The van der Waals surface area contributed by atoms with Crippen molar-refractivity contribution < 1.29 is 4.39 Å². The van der Waals surface area contributed by atoms with Crippen LogP contribution in [-0.2, 0) is 0 Å². The summed E-state index contributed by atoms with van der Waals surface area (Å²) in [6, 6.07) is 4.85. The average Bonchev–Trinajstić information content (AvgIpc) is 2.77. The Hall–Kier alpha value is -1.26. The molecule has 0 saturated carbocycles. The summed E-state index contributed by atoms with van der Waals surface area (Å²) < 4.78 is 13.8. The van der Waals surface area contributed by atoms with Crippen molar-refractivity contribution in [1.82, 2.24) is 4.98 Å². The van der Waals surface area contributed by atoms with Crippen LogP contribution in [0.2, 0.25) is 0 Å². The molecule has 2 rings (SSSR count). The Morgan fingerprint density at radius 3 is 2.50 bits per heavy atom. The SMILES string of the molecule is CC(C)c1csc(-c2ccc(C(C)N)c(F)c2)n1. The van der Waals surface area contributed by atoms with E-state index in [1.165, 1.54) is 6.07 Å². The fraction of sp³-hybridized carbons (Fsp3) is 0.357. The zero-order valence-corrected chi connectivity index (χ0v) is 11.6. The van der Waals surface area contributed by atoms with E-state index in [1.54, 1.807) is 24.3 Å². The van der Waals surface area contributed by atoms with Gasteiger partial charge in [0.25, 0.3) is 0 Å². The molecule has 1 aromatic carbocycles. The van der Waals surface area contributed by atoms with E-state index >= 15 is 0 Å². The molecule has 0 fully saturated rings. The number of rotatable bonds is 3. The number of aromatic nitrogens is 1. The molecule has 1 heterocycles. The smallest absolute Gasteiger partial charge is 0.128 e. The zero-order chi connectivity index (χ0) is 13.3. The average molecular weight is 264 g/mol. The van der Waals surface area contributed by atoms with E-state index in [0.29, 0.717) is 11.5 Å². The molecule has 0 saturated heterocycles. The lowest BCUT2D eigenvalue weighted by atomic mass is 10.1. The van der Waals surface area contributed by atoms with Crippen LogP contribution >= 0.6 is 11.3 Å². The van der Waals surface area contributed by atoms with E-state index in [4.69, 9.17) is 5.73 Å². The molecule has 4 heteroatoms. The summed E-state index contributed by atoms with van der Waals surface area (Å²) in [5.74, 6) is 0.131. The van der Waals surface area contributed by atoms with Gasteiger partial charge in [0.1, 0.15) is 10.8 Å². The van der Waals surface area contributed by atoms with Crippen LogP contribution in [0.1, 0.15) is 44.0 Å². The van der Waals surface area contributed by atoms with Crippen LogP contribution in [0, 0.1) is 5.82 Å². The molecule has 1 unspecified atom stereocenters. The second-order valence-corrected chi connectivity index (χ2v) is 5.62. The van der Waals surface area contributed by atoms with E-state index in [1.807, 2.05) is 11.4 Å². The minimum atomic E-state index is -0.290. The number of hydrogen-bond donors (Lipinski definition) is 1. The Labute approximate surface area is 111 Å². The van der Waals surface area contributed by atoms with Crippen molar-refractivity contribution in [2.75, 3.05) is 0 Å². The molecular formula is C14H17FN2S. The first-order valence-corrected chi connectivity index (χ1v) is 6.88. The third-order valence-corrected chi connectivity index (χ3v) is 3.76. The second kappa shape index (κ2) is 5.16. The van der Waals surface area contributed by atoms with Gasteiger partial charge in [-0.15, -0.1) is 11.3 Å². The highest BCUT2D eigenvalue weighted by Gasteiger charge is 2.11. The van der Waals surface area contributed by atoms with Gasteiger partial charge in [0.2, 0.25) is 0 Å². The molecule has 0 amide bonds. The molecule has 0 aliphatic rings. The number of thiazole rings is 1. The molecule has 0 aliphatic carbocycles. The standard InChI is InChI=1S/C14H17FN2S/c1-8(2)13-7-18-14(17-13)10-4-5-11(9(3)16)12(15)6-10/h4-9H,16H2,1-3H3. The number of nitrogens with two attached hydrogens (primary N) is 1. The van der Waals surface area contributed by atoms with Crippen molar-refractivity contribution in [3.8, 4) is 10.6 Å². The first-order valence-electron chi connectivity index (χ1n) is 6.00. The van der Waals surface area contributed by atoms with Gasteiger partial charge in [-0.2, -0.15) is 0 Å². The van der Waals surface area contributed by atoms with Crippen LogP contribution in [0.4, 0.5) is 4.39 Å². The molecule has 0 aliphatic heterocycles. The third kappa shape index (κ3) is 2.60. The molecule has 0 radical (unpaired) electrons. The molecule has 1 atom stereocenters. The molecule has 96 valence electrons. The first-order chi connectivity index (χ1) is 8.49. The summed E-state index contributed by atoms with van der Waals surface area (Å²) in [7, 11) is 0. The van der Waals surface area contributed by atoms with Crippen LogP contribution in [0.3, 0.4) is 0 Å². The maximum absolute atomic E-state index is 13.8. The first kappa shape index (κ1) is 13.2. The fourth-order valence-electron chi connectivity index (χ4n) is 1.71. The normalized spacial score (nSPS) is 13.0. The summed E-state index contributed by atoms with van der Waals surface area (Å²) >= 11 is 1.54. The van der Waals surface area contributed by atoms with E-state index < -0.39 is 0 Å². The highest BCUT2D eigenvalue weighted by Crippen LogP contribution is 2.28. The molecule has 1 aromatic heterocycles. The summed E-state index contributed by atoms with van der Waals surface area (Å²) in [6.07, 6.45) is 0. The van der Waals surface area contributed by atoms with Gasteiger partial charge in [-0.05, 0) is 18.9 Å².